The van der Waals surface area contributed by atoms with Gasteiger partial charge in [0.25, 0.3) is 5.91 Å². The number of benzene rings is 1. The second-order valence-corrected chi connectivity index (χ2v) is 6.44. The number of nitrogens with zero attached hydrogens (tertiary/aromatic N) is 1. The summed E-state index contributed by atoms with van der Waals surface area (Å²) in [5.74, 6) is -2.06. The van der Waals surface area contributed by atoms with Gasteiger partial charge in [0, 0.05) is 17.4 Å². The second kappa shape index (κ2) is 7.61. The van der Waals surface area contributed by atoms with Gasteiger partial charge in [-0.25, -0.2) is 14.0 Å². The maximum atomic E-state index is 13.5. The van der Waals surface area contributed by atoms with Crippen molar-refractivity contribution in [2.75, 3.05) is 11.9 Å². The van der Waals surface area contributed by atoms with Crippen LogP contribution in [0.5, 0.6) is 0 Å². The molecular formula is C19H20FN3O4. The number of anilines is 1. The summed E-state index contributed by atoms with van der Waals surface area (Å²) in [5, 5.41) is 4.19. The van der Waals surface area contributed by atoms with E-state index in [9.17, 15) is 18.8 Å². The van der Waals surface area contributed by atoms with Crippen molar-refractivity contribution < 1.29 is 23.5 Å². The van der Waals surface area contributed by atoms with E-state index in [1.807, 2.05) is 19.2 Å². The van der Waals surface area contributed by atoms with Gasteiger partial charge in [-0.3, -0.25) is 10.1 Å². The first-order chi connectivity index (χ1) is 12.9. The van der Waals surface area contributed by atoms with Gasteiger partial charge in [-0.1, -0.05) is 12.1 Å². The molecule has 1 aromatic heterocycles. The van der Waals surface area contributed by atoms with Crippen LogP contribution in [-0.4, -0.2) is 29.1 Å². The third-order valence-electron chi connectivity index (χ3n) is 4.33. The summed E-state index contributed by atoms with van der Waals surface area (Å²) in [5.41, 5.74) is 2.11. The van der Waals surface area contributed by atoms with Gasteiger partial charge >= 0.3 is 12.0 Å². The lowest BCUT2D eigenvalue weighted by Crippen LogP contribution is -2.37. The molecule has 0 unspecified atom stereocenters. The average Bonchev–Trinajstić information content (AvgIpc) is 3.40. The Bertz CT molecular complexity index is 902. The highest BCUT2D eigenvalue weighted by molar-refractivity contribution is 6.02. The standard InChI is InChI=1S/C19H20FN3O4/c1-11-9-14(12(2)23(11)13-7-8-13)18(25)27-10-17(24)22-19(26)21-16-6-4-3-5-15(16)20/h3-6,9,13H,7-8,10H2,1-2H3,(H2,21,22,24,26). The van der Waals surface area contributed by atoms with Crippen LogP contribution in [0, 0.1) is 19.7 Å². The molecule has 0 bridgehead atoms. The molecule has 1 saturated carbocycles. The fraction of sp³-hybridized carbons (Fsp3) is 0.316. The van der Waals surface area contributed by atoms with Crippen LogP contribution in [0.1, 0.15) is 40.6 Å². The SMILES string of the molecule is Cc1cc(C(=O)OCC(=O)NC(=O)Nc2ccccc2F)c(C)n1C1CC1. The Hall–Kier alpha value is -3.16. The van der Waals surface area contributed by atoms with Gasteiger partial charge in [0.1, 0.15) is 5.82 Å². The Morgan fingerprint density at radius 2 is 1.93 bits per heavy atom. The summed E-state index contributed by atoms with van der Waals surface area (Å²) < 4.78 is 20.6. The van der Waals surface area contributed by atoms with Crippen molar-refractivity contribution in [1.82, 2.24) is 9.88 Å². The molecule has 3 rings (SSSR count). The molecule has 3 amide bonds. The molecule has 142 valence electrons. The van der Waals surface area contributed by atoms with E-state index in [0.29, 0.717) is 11.6 Å². The maximum Gasteiger partial charge on any atom is 0.340 e. The molecule has 7 nitrogen and oxygen atoms in total. The zero-order chi connectivity index (χ0) is 19.6. The summed E-state index contributed by atoms with van der Waals surface area (Å²) in [6.07, 6.45) is 2.18. The number of para-hydroxylation sites is 1. The van der Waals surface area contributed by atoms with E-state index in [0.717, 1.165) is 24.2 Å². The van der Waals surface area contributed by atoms with Crippen LogP contribution in [0.2, 0.25) is 0 Å². The minimum atomic E-state index is -0.909. The van der Waals surface area contributed by atoms with Gasteiger partial charge in [0.2, 0.25) is 0 Å². The lowest BCUT2D eigenvalue weighted by Gasteiger charge is -2.09. The Morgan fingerprint density at radius 3 is 2.59 bits per heavy atom. The van der Waals surface area contributed by atoms with Crippen molar-refractivity contribution in [2.24, 2.45) is 0 Å². The molecule has 0 atom stereocenters. The molecule has 0 saturated heterocycles. The largest absolute Gasteiger partial charge is 0.452 e. The van der Waals surface area contributed by atoms with E-state index >= 15 is 0 Å². The number of urea groups is 1. The fourth-order valence-electron chi connectivity index (χ4n) is 2.97. The number of halogens is 1. The lowest BCUT2D eigenvalue weighted by molar-refractivity contribution is -0.123. The molecule has 0 spiro atoms. The topological polar surface area (TPSA) is 89.4 Å². The number of rotatable bonds is 5. The van der Waals surface area contributed by atoms with E-state index in [2.05, 4.69) is 9.88 Å². The van der Waals surface area contributed by atoms with Crippen LogP contribution in [0.25, 0.3) is 0 Å². The Morgan fingerprint density at radius 1 is 1.22 bits per heavy atom. The predicted molar refractivity (Wildman–Crippen MR) is 96.0 cm³/mol. The van der Waals surface area contributed by atoms with E-state index in [1.165, 1.54) is 18.2 Å². The summed E-state index contributed by atoms with van der Waals surface area (Å²) in [7, 11) is 0. The van der Waals surface area contributed by atoms with Gasteiger partial charge < -0.3 is 14.6 Å². The minimum absolute atomic E-state index is 0.0627. The van der Waals surface area contributed by atoms with E-state index in [4.69, 9.17) is 4.74 Å². The van der Waals surface area contributed by atoms with Crippen molar-refractivity contribution in [2.45, 2.75) is 32.7 Å². The van der Waals surface area contributed by atoms with Crippen LogP contribution in [-0.2, 0) is 9.53 Å². The molecule has 1 heterocycles. The van der Waals surface area contributed by atoms with Crippen LogP contribution < -0.4 is 10.6 Å². The van der Waals surface area contributed by atoms with Crippen molar-refractivity contribution in [3.05, 3.63) is 53.1 Å². The number of amides is 3. The fourth-order valence-corrected chi connectivity index (χ4v) is 2.97. The third kappa shape index (κ3) is 4.33. The molecule has 0 aliphatic heterocycles. The van der Waals surface area contributed by atoms with Crippen molar-refractivity contribution in [1.29, 1.82) is 0 Å². The number of hydrogen-bond donors (Lipinski definition) is 2. The van der Waals surface area contributed by atoms with E-state index in [-0.39, 0.29) is 5.69 Å². The average molecular weight is 373 g/mol. The molecule has 2 aromatic rings. The number of nitrogens with one attached hydrogen (secondary N) is 2. The number of ether oxygens (including phenoxy) is 1. The van der Waals surface area contributed by atoms with Crippen LogP contribution >= 0.6 is 0 Å². The second-order valence-electron chi connectivity index (χ2n) is 6.44. The molecular weight excluding hydrogens is 353 g/mol. The number of aromatic nitrogens is 1. The zero-order valence-corrected chi connectivity index (χ0v) is 15.0. The summed E-state index contributed by atoms with van der Waals surface area (Å²) in [6.45, 7) is 3.14. The molecule has 1 aliphatic carbocycles. The summed E-state index contributed by atoms with van der Waals surface area (Å²) in [4.78, 5) is 35.7. The normalized spacial score (nSPS) is 13.1. The summed E-state index contributed by atoms with van der Waals surface area (Å²) in [6, 6.07) is 6.80. The molecule has 8 heteroatoms. The monoisotopic (exact) mass is 373 g/mol. The Balaban J connectivity index is 1.52. The highest BCUT2D eigenvalue weighted by Crippen LogP contribution is 2.38. The van der Waals surface area contributed by atoms with Crippen LogP contribution in [0.15, 0.2) is 30.3 Å². The molecule has 0 radical (unpaired) electrons. The van der Waals surface area contributed by atoms with Gasteiger partial charge in [0.05, 0.1) is 11.3 Å². The van der Waals surface area contributed by atoms with E-state index in [1.54, 1.807) is 12.1 Å². The first-order valence-electron chi connectivity index (χ1n) is 8.57. The van der Waals surface area contributed by atoms with Crippen LogP contribution in [0.3, 0.4) is 0 Å². The molecule has 1 aliphatic rings. The smallest absolute Gasteiger partial charge is 0.340 e. The minimum Gasteiger partial charge on any atom is -0.452 e. The highest BCUT2D eigenvalue weighted by atomic mass is 19.1. The first kappa shape index (κ1) is 18.6. The first-order valence-corrected chi connectivity index (χ1v) is 8.57. The van der Waals surface area contributed by atoms with Gasteiger partial charge in [-0.05, 0) is 44.9 Å². The lowest BCUT2D eigenvalue weighted by atomic mass is 10.2. The number of hydrogen-bond acceptors (Lipinski definition) is 4. The van der Waals surface area contributed by atoms with Crippen molar-refractivity contribution in [3.8, 4) is 0 Å². The predicted octanol–water partition coefficient (Wildman–Crippen LogP) is 3.08. The van der Waals surface area contributed by atoms with Crippen molar-refractivity contribution in [3.63, 3.8) is 0 Å². The van der Waals surface area contributed by atoms with Gasteiger partial charge in [-0.2, -0.15) is 0 Å². The quantitative estimate of drug-likeness (QED) is 0.788. The number of aryl methyl sites for hydroxylation is 1. The zero-order valence-electron chi connectivity index (χ0n) is 15.0. The van der Waals surface area contributed by atoms with Gasteiger partial charge in [-0.15, -0.1) is 0 Å². The van der Waals surface area contributed by atoms with Gasteiger partial charge in [0.15, 0.2) is 6.61 Å². The van der Waals surface area contributed by atoms with E-state index < -0.39 is 30.3 Å². The number of carbonyl (C=O) groups excluding carboxylic acids is 3. The Kier molecular flexibility index (Phi) is 5.25. The van der Waals surface area contributed by atoms with Crippen LogP contribution in [0.4, 0.5) is 14.9 Å². The number of esters is 1. The third-order valence-corrected chi connectivity index (χ3v) is 4.33. The molecule has 27 heavy (non-hydrogen) atoms. The Labute approximate surface area is 155 Å². The number of carbonyl (C=O) groups is 3. The summed E-state index contributed by atoms with van der Waals surface area (Å²) >= 11 is 0. The molecule has 1 aromatic carbocycles. The highest BCUT2D eigenvalue weighted by Gasteiger charge is 2.29. The molecule has 1 fully saturated rings. The molecule has 2 N–H and O–H groups in total. The maximum absolute atomic E-state index is 13.5. The number of imide groups is 1. The van der Waals surface area contributed by atoms with Crippen molar-refractivity contribution >= 4 is 23.6 Å².